The van der Waals surface area contributed by atoms with Crippen LogP contribution in [0.2, 0.25) is 0 Å². The lowest BCUT2D eigenvalue weighted by atomic mass is 9.82. The number of carbonyl (C=O) groups is 1. The Morgan fingerprint density at radius 3 is 3.00 bits per heavy atom. The lowest BCUT2D eigenvalue weighted by Crippen LogP contribution is -2.20. The highest BCUT2D eigenvalue weighted by atomic mass is 79.9. The van der Waals surface area contributed by atoms with Crippen molar-refractivity contribution in [3.8, 4) is 0 Å². The summed E-state index contributed by atoms with van der Waals surface area (Å²) in [6.45, 7) is 1.70. The zero-order valence-electron chi connectivity index (χ0n) is 8.22. The van der Waals surface area contributed by atoms with Crippen LogP contribution in [-0.2, 0) is 17.6 Å². The standard InChI is InChI=1S/C12H13BrO/c1-8(14)9-5-6-11-10(7-9)3-2-4-12(11)13/h2-4,9H,5-7H2,1H3. The van der Waals surface area contributed by atoms with Gasteiger partial charge in [-0.15, -0.1) is 0 Å². The molecule has 0 amide bonds. The first-order chi connectivity index (χ1) is 6.68. The van der Waals surface area contributed by atoms with Crippen molar-refractivity contribution in [3.63, 3.8) is 0 Å². The van der Waals surface area contributed by atoms with Crippen LogP contribution in [-0.4, -0.2) is 5.78 Å². The molecule has 0 N–H and O–H groups in total. The van der Waals surface area contributed by atoms with Gasteiger partial charge < -0.3 is 0 Å². The molecule has 14 heavy (non-hydrogen) atoms. The molecule has 0 aliphatic heterocycles. The van der Waals surface area contributed by atoms with Crippen molar-refractivity contribution in [2.24, 2.45) is 5.92 Å². The van der Waals surface area contributed by atoms with Gasteiger partial charge in [-0.2, -0.15) is 0 Å². The van der Waals surface area contributed by atoms with E-state index in [1.54, 1.807) is 6.92 Å². The van der Waals surface area contributed by atoms with Crippen molar-refractivity contribution in [3.05, 3.63) is 33.8 Å². The minimum atomic E-state index is 0.247. The number of hydrogen-bond donors (Lipinski definition) is 0. The lowest BCUT2D eigenvalue weighted by molar-refractivity contribution is -0.121. The molecule has 1 aliphatic carbocycles. The van der Waals surface area contributed by atoms with Gasteiger partial charge in [-0.1, -0.05) is 28.1 Å². The monoisotopic (exact) mass is 252 g/mol. The Balaban J connectivity index is 2.31. The fourth-order valence-corrected chi connectivity index (χ4v) is 2.71. The first kappa shape index (κ1) is 9.91. The summed E-state index contributed by atoms with van der Waals surface area (Å²) in [5.74, 6) is 0.576. The van der Waals surface area contributed by atoms with Crippen LogP contribution in [0.1, 0.15) is 24.5 Å². The molecular weight excluding hydrogens is 240 g/mol. The second kappa shape index (κ2) is 3.85. The van der Waals surface area contributed by atoms with E-state index < -0.39 is 0 Å². The molecule has 1 aliphatic rings. The molecule has 0 aromatic heterocycles. The normalized spacial score (nSPS) is 20.3. The Morgan fingerprint density at radius 2 is 2.29 bits per heavy atom. The zero-order chi connectivity index (χ0) is 10.1. The number of carbonyl (C=O) groups excluding carboxylic acids is 1. The average Bonchev–Trinajstić information content (AvgIpc) is 2.17. The number of benzene rings is 1. The third-order valence-electron chi connectivity index (χ3n) is 3.00. The molecule has 0 saturated carbocycles. The van der Waals surface area contributed by atoms with Crippen LogP contribution < -0.4 is 0 Å². The van der Waals surface area contributed by atoms with Crippen LogP contribution in [0.3, 0.4) is 0 Å². The molecule has 0 fully saturated rings. The maximum absolute atomic E-state index is 11.3. The molecular formula is C12H13BrO. The van der Waals surface area contributed by atoms with E-state index in [9.17, 15) is 4.79 Å². The van der Waals surface area contributed by atoms with Crippen LogP contribution >= 0.6 is 15.9 Å². The highest BCUT2D eigenvalue weighted by Gasteiger charge is 2.22. The molecule has 0 spiro atoms. The van der Waals surface area contributed by atoms with Crippen LogP contribution in [0.5, 0.6) is 0 Å². The zero-order valence-corrected chi connectivity index (χ0v) is 9.80. The Hall–Kier alpha value is -0.630. The number of Topliss-reactive ketones (excluding diaryl/α,β-unsaturated/α-hetero) is 1. The molecule has 74 valence electrons. The molecule has 2 rings (SSSR count). The molecule has 1 aromatic carbocycles. The first-order valence-corrected chi connectivity index (χ1v) is 5.74. The van der Waals surface area contributed by atoms with Gasteiger partial charge in [0.2, 0.25) is 0 Å². The molecule has 0 saturated heterocycles. The number of halogens is 1. The molecule has 1 unspecified atom stereocenters. The van der Waals surface area contributed by atoms with Crippen molar-refractivity contribution in [2.45, 2.75) is 26.2 Å². The second-order valence-electron chi connectivity index (χ2n) is 3.93. The van der Waals surface area contributed by atoms with Gasteiger partial charge in [0.1, 0.15) is 5.78 Å². The fraction of sp³-hybridized carbons (Fsp3) is 0.417. The minimum Gasteiger partial charge on any atom is -0.300 e. The van der Waals surface area contributed by atoms with Crippen molar-refractivity contribution in [2.75, 3.05) is 0 Å². The highest BCUT2D eigenvalue weighted by Crippen LogP contribution is 2.30. The van der Waals surface area contributed by atoms with E-state index in [0.717, 1.165) is 19.3 Å². The Morgan fingerprint density at radius 1 is 1.50 bits per heavy atom. The lowest BCUT2D eigenvalue weighted by Gasteiger charge is -2.23. The smallest absolute Gasteiger partial charge is 0.133 e. The Bertz CT molecular complexity index is 371. The molecule has 2 heteroatoms. The van der Waals surface area contributed by atoms with E-state index in [4.69, 9.17) is 0 Å². The van der Waals surface area contributed by atoms with Crippen molar-refractivity contribution >= 4 is 21.7 Å². The van der Waals surface area contributed by atoms with E-state index >= 15 is 0 Å². The number of rotatable bonds is 1. The van der Waals surface area contributed by atoms with Gasteiger partial charge in [-0.3, -0.25) is 4.79 Å². The van der Waals surface area contributed by atoms with Crippen LogP contribution in [0.15, 0.2) is 22.7 Å². The summed E-state index contributed by atoms with van der Waals surface area (Å²) >= 11 is 3.55. The molecule has 0 heterocycles. The summed E-state index contributed by atoms with van der Waals surface area (Å²) in [6, 6.07) is 6.26. The number of fused-ring (bicyclic) bond motifs is 1. The Kier molecular flexibility index (Phi) is 2.73. The fourth-order valence-electron chi connectivity index (χ4n) is 2.11. The Labute approximate surface area is 92.6 Å². The van der Waals surface area contributed by atoms with Crippen molar-refractivity contribution in [1.82, 2.24) is 0 Å². The van der Waals surface area contributed by atoms with E-state index in [2.05, 4.69) is 28.1 Å². The van der Waals surface area contributed by atoms with Gasteiger partial charge in [-0.25, -0.2) is 0 Å². The maximum Gasteiger partial charge on any atom is 0.133 e. The van der Waals surface area contributed by atoms with Crippen LogP contribution in [0.25, 0.3) is 0 Å². The molecule has 1 nitrogen and oxygen atoms in total. The van der Waals surface area contributed by atoms with Gasteiger partial charge >= 0.3 is 0 Å². The molecule has 1 aromatic rings. The average molecular weight is 253 g/mol. The molecule has 1 atom stereocenters. The van der Waals surface area contributed by atoms with Gasteiger partial charge in [0, 0.05) is 10.4 Å². The summed E-state index contributed by atoms with van der Waals surface area (Å²) in [7, 11) is 0. The third-order valence-corrected chi connectivity index (χ3v) is 3.74. The maximum atomic E-state index is 11.3. The largest absolute Gasteiger partial charge is 0.300 e. The molecule has 0 radical (unpaired) electrons. The predicted molar refractivity (Wildman–Crippen MR) is 60.3 cm³/mol. The van der Waals surface area contributed by atoms with Crippen molar-refractivity contribution in [1.29, 1.82) is 0 Å². The number of ketones is 1. The summed E-state index contributed by atoms with van der Waals surface area (Å²) in [5, 5.41) is 0. The van der Waals surface area contributed by atoms with Crippen LogP contribution in [0.4, 0.5) is 0 Å². The summed E-state index contributed by atoms with van der Waals surface area (Å²) in [5.41, 5.74) is 2.73. The third kappa shape index (κ3) is 1.76. The first-order valence-electron chi connectivity index (χ1n) is 4.95. The van der Waals surface area contributed by atoms with Crippen LogP contribution in [0, 0.1) is 5.92 Å². The summed E-state index contributed by atoms with van der Waals surface area (Å²) in [4.78, 5) is 11.3. The van der Waals surface area contributed by atoms with Gasteiger partial charge in [-0.05, 0) is 43.4 Å². The minimum absolute atomic E-state index is 0.247. The SMILES string of the molecule is CC(=O)C1CCc2c(Br)cccc2C1. The van der Waals surface area contributed by atoms with E-state index in [1.165, 1.54) is 15.6 Å². The van der Waals surface area contributed by atoms with Gasteiger partial charge in [0.25, 0.3) is 0 Å². The predicted octanol–water partition coefficient (Wildman–Crippen LogP) is 3.14. The molecule has 0 bridgehead atoms. The van der Waals surface area contributed by atoms with Gasteiger partial charge in [0.05, 0.1) is 0 Å². The highest BCUT2D eigenvalue weighted by molar-refractivity contribution is 9.10. The van der Waals surface area contributed by atoms with E-state index in [-0.39, 0.29) is 5.92 Å². The summed E-state index contributed by atoms with van der Waals surface area (Å²) in [6.07, 6.45) is 2.95. The summed E-state index contributed by atoms with van der Waals surface area (Å²) < 4.78 is 1.19. The van der Waals surface area contributed by atoms with E-state index in [0.29, 0.717) is 5.78 Å². The second-order valence-corrected chi connectivity index (χ2v) is 4.78. The van der Waals surface area contributed by atoms with Crippen molar-refractivity contribution < 1.29 is 4.79 Å². The quantitative estimate of drug-likeness (QED) is 0.751. The topological polar surface area (TPSA) is 17.1 Å². The van der Waals surface area contributed by atoms with Gasteiger partial charge in [0.15, 0.2) is 0 Å². The van der Waals surface area contributed by atoms with E-state index in [1.807, 2.05) is 6.07 Å². The number of hydrogen-bond acceptors (Lipinski definition) is 1.